The average molecular weight is 342 g/mol. The van der Waals surface area contributed by atoms with Crippen molar-refractivity contribution in [2.24, 2.45) is 5.92 Å². The van der Waals surface area contributed by atoms with Crippen LogP contribution in [0, 0.1) is 5.92 Å². The minimum Gasteiger partial charge on any atom is -0.435 e. The Morgan fingerprint density at radius 3 is 2.75 bits per heavy atom. The van der Waals surface area contributed by atoms with E-state index in [2.05, 4.69) is 9.64 Å². The van der Waals surface area contributed by atoms with Gasteiger partial charge in [0.15, 0.2) is 0 Å². The van der Waals surface area contributed by atoms with Crippen LogP contribution in [0.25, 0.3) is 0 Å². The minimum absolute atomic E-state index is 0.00139. The highest BCUT2D eigenvalue weighted by atomic mass is 19.3. The van der Waals surface area contributed by atoms with Gasteiger partial charge in [0.2, 0.25) is 5.91 Å². The Bertz CT molecular complexity index is 525. The lowest BCUT2D eigenvalue weighted by Gasteiger charge is -2.32. The summed E-state index contributed by atoms with van der Waals surface area (Å²) in [5.74, 6) is 0.354. The van der Waals surface area contributed by atoms with Gasteiger partial charge in [-0.3, -0.25) is 9.69 Å². The van der Waals surface area contributed by atoms with Gasteiger partial charge >= 0.3 is 6.61 Å². The van der Waals surface area contributed by atoms with E-state index in [0.717, 1.165) is 31.5 Å². The molecule has 1 atom stereocenters. The van der Waals surface area contributed by atoms with Gasteiger partial charge in [-0.25, -0.2) is 0 Å². The molecular formula is C17H24F2N2O3. The lowest BCUT2D eigenvalue weighted by molar-refractivity contribution is -0.132. The van der Waals surface area contributed by atoms with Crippen molar-refractivity contribution in [1.82, 2.24) is 9.80 Å². The Hall–Kier alpha value is -1.73. The number of nitrogens with zero attached hydrogens (tertiary/aromatic N) is 2. The molecule has 0 spiro atoms. The molecule has 5 nitrogen and oxygen atoms in total. The zero-order valence-electron chi connectivity index (χ0n) is 13.8. The first-order valence-electron chi connectivity index (χ1n) is 8.09. The predicted molar refractivity (Wildman–Crippen MR) is 85.8 cm³/mol. The number of amides is 1. The van der Waals surface area contributed by atoms with Crippen molar-refractivity contribution >= 4 is 5.91 Å². The molecule has 7 heteroatoms. The van der Waals surface area contributed by atoms with Gasteiger partial charge in [0.05, 0.1) is 6.54 Å². The molecule has 134 valence electrons. The number of aliphatic hydroxyl groups excluding tert-OH is 1. The summed E-state index contributed by atoms with van der Waals surface area (Å²) in [4.78, 5) is 16.0. The first-order chi connectivity index (χ1) is 11.5. The maximum Gasteiger partial charge on any atom is 0.387 e. The molecule has 1 amide bonds. The van der Waals surface area contributed by atoms with Crippen molar-refractivity contribution in [1.29, 1.82) is 0 Å². The topological polar surface area (TPSA) is 53.0 Å². The van der Waals surface area contributed by atoms with Gasteiger partial charge in [0, 0.05) is 26.7 Å². The summed E-state index contributed by atoms with van der Waals surface area (Å²) < 4.78 is 28.5. The maximum atomic E-state index is 12.3. The summed E-state index contributed by atoms with van der Waals surface area (Å²) in [5, 5.41) is 9.24. The molecule has 1 N–H and O–H groups in total. The lowest BCUT2D eigenvalue weighted by Crippen LogP contribution is -2.43. The zero-order valence-corrected chi connectivity index (χ0v) is 13.8. The number of benzene rings is 1. The van der Waals surface area contributed by atoms with Gasteiger partial charge in [-0.05, 0) is 43.0 Å². The number of hydrogen-bond acceptors (Lipinski definition) is 4. The summed E-state index contributed by atoms with van der Waals surface area (Å²) >= 11 is 0. The predicted octanol–water partition coefficient (Wildman–Crippen LogP) is 1.95. The fourth-order valence-electron chi connectivity index (χ4n) is 2.89. The number of likely N-dealkylation sites (N-methyl/N-ethyl adjacent to an activating group) is 1. The van der Waals surface area contributed by atoms with E-state index < -0.39 is 6.61 Å². The molecule has 2 rings (SSSR count). The van der Waals surface area contributed by atoms with Crippen molar-refractivity contribution in [3.8, 4) is 5.75 Å². The average Bonchev–Trinajstić information content (AvgIpc) is 2.56. The van der Waals surface area contributed by atoms with E-state index in [0.29, 0.717) is 13.1 Å². The molecule has 0 radical (unpaired) electrons. The normalized spacial score (nSPS) is 18.6. The van der Waals surface area contributed by atoms with Crippen molar-refractivity contribution in [2.75, 3.05) is 33.3 Å². The van der Waals surface area contributed by atoms with Gasteiger partial charge in [0.1, 0.15) is 5.75 Å². The van der Waals surface area contributed by atoms with Gasteiger partial charge in [0.25, 0.3) is 0 Å². The van der Waals surface area contributed by atoms with Crippen LogP contribution in [0.3, 0.4) is 0 Å². The molecule has 1 unspecified atom stereocenters. The highest BCUT2D eigenvalue weighted by Crippen LogP contribution is 2.17. The van der Waals surface area contributed by atoms with Crippen LogP contribution in [0.5, 0.6) is 5.75 Å². The van der Waals surface area contributed by atoms with Gasteiger partial charge in [-0.2, -0.15) is 8.78 Å². The minimum atomic E-state index is -2.84. The Balaban J connectivity index is 1.82. The summed E-state index contributed by atoms with van der Waals surface area (Å²) in [6, 6.07) is 6.28. The number of rotatable bonds is 7. The van der Waals surface area contributed by atoms with Crippen LogP contribution < -0.4 is 4.74 Å². The molecule has 1 heterocycles. The van der Waals surface area contributed by atoms with E-state index in [4.69, 9.17) is 0 Å². The van der Waals surface area contributed by atoms with E-state index in [1.54, 1.807) is 24.1 Å². The second kappa shape index (κ2) is 8.94. The highest BCUT2D eigenvalue weighted by Gasteiger charge is 2.22. The van der Waals surface area contributed by atoms with E-state index >= 15 is 0 Å². The van der Waals surface area contributed by atoms with Crippen LogP contribution >= 0.6 is 0 Å². The van der Waals surface area contributed by atoms with Crippen LogP contribution in [0.15, 0.2) is 24.3 Å². The van der Waals surface area contributed by atoms with Crippen LogP contribution in [0.4, 0.5) is 8.78 Å². The summed E-state index contributed by atoms with van der Waals surface area (Å²) in [7, 11) is 1.72. The monoisotopic (exact) mass is 342 g/mol. The number of alkyl halides is 2. The second-order valence-corrected chi connectivity index (χ2v) is 6.20. The molecule has 0 aromatic heterocycles. The Labute approximate surface area is 140 Å². The van der Waals surface area contributed by atoms with Crippen LogP contribution in [-0.2, 0) is 11.3 Å². The number of ether oxygens (including phenoxy) is 1. The first-order valence-corrected chi connectivity index (χ1v) is 8.09. The van der Waals surface area contributed by atoms with E-state index in [9.17, 15) is 18.7 Å². The molecule has 1 aromatic rings. The van der Waals surface area contributed by atoms with E-state index in [1.165, 1.54) is 12.1 Å². The van der Waals surface area contributed by atoms with Crippen molar-refractivity contribution in [3.63, 3.8) is 0 Å². The number of carbonyl (C=O) groups is 1. The largest absolute Gasteiger partial charge is 0.435 e. The van der Waals surface area contributed by atoms with Crippen molar-refractivity contribution < 1.29 is 23.4 Å². The molecular weight excluding hydrogens is 318 g/mol. The molecule has 1 aromatic carbocycles. The molecule has 1 fully saturated rings. The number of likely N-dealkylation sites (tertiary alicyclic amines) is 1. The SMILES string of the molecule is CN(Cc1ccc(OC(F)F)cc1)C(=O)CN1CCCC(CO)C1. The fraction of sp³-hybridized carbons (Fsp3) is 0.588. The van der Waals surface area contributed by atoms with Crippen LogP contribution in [0.1, 0.15) is 18.4 Å². The third kappa shape index (κ3) is 5.72. The van der Waals surface area contributed by atoms with Gasteiger partial charge in [-0.1, -0.05) is 12.1 Å². The molecule has 24 heavy (non-hydrogen) atoms. The Morgan fingerprint density at radius 1 is 1.42 bits per heavy atom. The van der Waals surface area contributed by atoms with Crippen molar-refractivity contribution in [2.45, 2.75) is 26.0 Å². The van der Waals surface area contributed by atoms with Crippen molar-refractivity contribution in [3.05, 3.63) is 29.8 Å². The number of hydrogen-bond donors (Lipinski definition) is 1. The van der Waals surface area contributed by atoms with Gasteiger partial charge < -0.3 is 14.7 Å². The quantitative estimate of drug-likeness (QED) is 0.823. The summed E-state index contributed by atoms with van der Waals surface area (Å²) in [5.41, 5.74) is 0.847. The number of aliphatic hydroxyl groups is 1. The highest BCUT2D eigenvalue weighted by molar-refractivity contribution is 5.78. The smallest absolute Gasteiger partial charge is 0.387 e. The fourth-order valence-corrected chi connectivity index (χ4v) is 2.89. The summed E-state index contributed by atoms with van der Waals surface area (Å²) in [6.07, 6.45) is 2.00. The molecule has 1 aliphatic heterocycles. The van der Waals surface area contributed by atoms with E-state index in [-0.39, 0.29) is 24.2 Å². The molecule has 0 aliphatic carbocycles. The van der Waals surface area contributed by atoms with Gasteiger partial charge in [-0.15, -0.1) is 0 Å². The summed E-state index contributed by atoms with van der Waals surface area (Å²) in [6.45, 7) is -0.323. The molecule has 1 aliphatic rings. The third-order valence-electron chi connectivity index (χ3n) is 4.21. The standard InChI is InChI=1S/C17H24F2N2O3/c1-20(9-13-4-6-15(7-5-13)24-17(18)19)16(23)11-21-8-2-3-14(10-21)12-22/h4-7,14,17,22H,2-3,8-12H2,1H3. The molecule has 1 saturated heterocycles. The zero-order chi connectivity index (χ0) is 17.5. The van der Waals surface area contributed by atoms with Crippen LogP contribution in [0.2, 0.25) is 0 Å². The molecule has 0 saturated carbocycles. The van der Waals surface area contributed by atoms with Crippen LogP contribution in [-0.4, -0.2) is 60.7 Å². The number of halogens is 2. The number of piperidine rings is 1. The Kier molecular flexibility index (Phi) is 6.93. The second-order valence-electron chi connectivity index (χ2n) is 6.20. The number of carbonyl (C=O) groups excluding carboxylic acids is 1. The van der Waals surface area contributed by atoms with E-state index in [1.807, 2.05) is 0 Å². The lowest BCUT2D eigenvalue weighted by atomic mass is 9.99. The Morgan fingerprint density at radius 2 is 2.12 bits per heavy atom. The maximum absolute atomic E-state index is 12.3. The molecule has 0 bridgehead atoms. The third-order valence-corrected chi connectivity index (χ3v) is 4.21. The first kappa shape index (κ1) is 18.6.